The summed E-state index contributed by atoms with van der Waals surface area (Å²) in [5.41, 5.74) is 5.51. The first-order chi connectivity index (χ1) is 7.49. The summed E-state index contributed by atoms with van der Waals surface area (Å²) in [6.45, 7) is 3.54. The second kappa shape index (κ2) is 6.18. The zero-order valence-electron chi connectivity index (χ0n) is 10.2. The van der Waals surface area contributed by atoms with E-state index in [1.807, 2.05) is 0 Å². The molecule has 1 aliphatic heterocycles. The van der Waals surface area contributed by atoms with Crippen molar-refractivity contribution < 1.29 is 9.90 Å². The zero-order chi connectivity index (χ0) is 12.1. The van der Waals surface area contributed by atoms with E-state index in [1.165, 1.54) is 0 Å². The van der Waals surface area contributed by atoms with Gasteiger partial charge >= 0.3 is 5.97 Å². The molecule has 0 saturated carbocycles. The van der Waals surface area contributed by atoms with Gasteiger partial charge in [0.05, 0.1) is 0 Å². The smallest absolute Gasteiger partial charge is 0.321 e. The molecule has 5 nitrogen and oxygen atoms in total. The quantitative estimate of drug-likeness (QED) is 0.675. The summed E-state index contributed by atoms with van der Waals surface area (Å²) in [6, 6.07) is -0.745. The van der Waals surface area contributed by atoms with Crippen LogP contribution in [-0.4, -0.2) is 67.2 Å². The Morgan fingerprint density at radius 2 is 2.06 bits per heavy atom. The number of carboxylic acid groups (broad SMARTS) is 1. The molecule has 0 bridgehead atoms. The van der Waals surface area contributed by atoms with Gasteiger partial charge in [-0.3, -0.25) is 4.79 Å². The van der Waals surface area contributed by atoms with Crippen LogP contribution in [0.25, 0.3) is 0 Å². The molecule has 94 valence electrons. The highest BCUT2D eigenvalue weighted by Crippen LogP contribution is 2.17. The van der Waals surface area contributed by atoms with E-state index in [9.17, 15) is 4.79 Å². The summed E-state index contributed by atoms with van der Waals surface area (Å²) >= 11 is 0. The highest BCUT2D eigenvalue weighted by atomic mass is 16.4. The van der Waals surface area contributed by atoms with Gasteiger partial charge in [0, 0.05) is 13.1 Å². The normalized spacial score (nSPS) is 21.2. The molecule has 1 saturated heterocycles. The van der Waals surface area contributed by atoms with Crippen LogP contribution < -0.4 is 5.73 Å². The van der Waals surface area contributed by atoms with Crippen molar-refractivity contribution in [3.05, 3.63) is 0 Å². The van der Waals surface area contributed by atoms with Gasteiger partial charge in [-0.1, -0.05) is 0 Å². The summed E-state index contributed by atoms with van der Waals surface area (Å²) < 4.78 is 0. The molecule has 1 fully saturated rings. The Balaban J connectivity index is 2.24. The maximum absolute atomic E-state index is 10.6. The first kappa shape index (κ1) is 13.4. The molecule has 0 amide bonds. The minimum Gasteiger partial charge on any atom is -0.480 e. The Morgan fingerprint density at radius 3 is 2.50 bits per heavy atom. The Bertz CT molecular complexity index is 225. The Hall–Kier alpha value is -0.650. The van der Waals surface area contributed by atoms with E-state index in [2.05, 4.69) is 23.9 Å². The van der Waals surface area contributed by atoms with E-state index in [4.69, 9.17) is 10.8 Å². The lowest BCUT2D eigenvalue weighted by Crippen LogP contribution is -2.46. The number of aliphatic carboxylic acids is 1. The molecule has 1 aliphatic rings. The lowest BCUT2D eigenvalue weighted by atomic mass is 9.96. The van der Waals surface area contributed by atoms with Crippen LogP contribution in [0.2, 0.25) is 0 Å². The predicted octanol–water partition coefficient (Wildman–Crippen LogP) is -0.328. The molecule has 0 radical (unpaired) electrons. The van der Waals surface area contributed by atoms with Gasteiger partial charge in [-0.15, -0.1) is 0 Å². The van der Waals surface area contributed by atoms with E-state index < -0.39 is 12.0 Å². The van der Waals surface area contributed by atoms with Crippen molar-refractivity contribution in [3.8, 4) is 0 Å². The molecule has 1 heterocycles. The van der Waals surface area contributed by atoms with E-state index >= 15 is 0 Å². The van der Waals surface area contributed by atoms with E-state index in [-0.39, 0.29) is 0 Å². The molecule has 1 atom stereocenters. The zero-order valence-corrected chi connectivity index (χ0v) is 10.2. The second-order valence-corrected chi connectivity index (χ2v) is 4.95. The molecule has 5 heteroatoms. The molecule has 0 aromatic rings. The van der Waals surface area contributed by atoms with Crippen molar-refractivity contribution in [3.63, 3.8) is 0 Å². The maximum Gasteiger partial charge on any atom is 0.321 e. The number of piperidine rings is 1. The van der Waals surface area contributed by atoms with Crippen molar-refractivity contribution >= 4 is 5.97 Å². The Morgan fingerprint density at radius 1 is 1.50 bits per heavy atom. The molecule has 1 rings (SSSR count). The first-order valence-corrected chi connectivity index (χ1v) is 5.84. The second-order valence-electron chi connectivity index (χ2n) is 4.95. The van der Waals surface area contributed by atoms with Crippen LogP contribution in [-0.2, 0) is 4.79 Å². The van der Waals surface area contributed by atoms with Crippen LogP contribution in [0, 0.1) is 5.92 Å². The van der Waals surface area contributed by atoms with Crippen LogP contribution in [0.3, 0.4) is 0 Å². The average Bonchev–Trinajstić information content (AvgIpc) is 2.20. The highest BCUT2D eigenvalue weighted by Gasteiger charge is 2.22. The van der Waals surface area contributed by atoms with E-state index in [0.29, 0.717) is 6.54 Å². The maximum atomic E-state index is 10.6. The van der Waals surface area contributed by atoms with Gasteiger partial charge < -0.3 is 20.6 Å². The number of rotatable bonds is 5. The topological polar surface area (TPSA) is 69.8 Å². The van der Waals surface area contributed by atoms with Crippen LogP contribution in [0.4, 0.5) is 0 Å². The lowest BCUT2D eigenvalue weighted by Gasteiger charge is -2.33. The van der Waals surface area contributed by atoms with Gasteiger partial charge in [0.2, 0.25) is 0 Å². The third kappa shape index (κ3) is 4.47. The fourth-order valence-corrected chi connectivity index (χ4v) is 2.22. The summed E-state index contributed by atoms with van der Waals surface area (Å²) in [5, 5.41) is 8.73. The summed E-state index contributed by atoms with van der Waals surface area (Å²) in [6.07, 6.45) is 2.29. The number of carbonyl (C=O) groups is 1. The third-order valence-electron chi connectivity index (χ3n) is 3.10. The van der Waals surface area contributed by atoms with E-state index in [0.717, 1.165) is 38.4 Å². The highest BCUT2D eigenvalue weighted by molar-refractivity contribution is 5.73. The fourth-order valence-electron chi connectivity index (χ4n) is 2.22. The van der Waals surface area contributed by atoms with Crippen LogP contribution in [0.1, 0.15) is 12.8 Å². The van der Waals surface area contributed by atoms with Gasteiger partial charge in [-0.05, 0) is 45.9 Å². The largest absolute Gasteiger partial charge is 0.480 e. The molecule has 0 aromatic heterocycles. The van der Waals surface area contributed by atoms with Gasteiger partial charge in [0.15, 0.2) is 0 Å². The van der Waals surface area contributed by atoms with Gasteiger partial charge in [-0.25, -0.2) is 0 Å². The van der Waals surface area contributed by atoms with Crippen molar-refractivity contribution in [1.82, 2.24) is 9.80 Å². The summed E-state index contributed by atoms with van der Waals surface area (Å²) in [5.74, 6) is -0.164. The minimum atomic E-state index is -0.907. The molecular formula is C11H23N3O2. The SMILES string of the molecule is CN(C)CC1CCN(CC(N)C(=O)O)CC1. The Kier molecular flexibility index (Phi) is 5.18. The predicted molar refractivity (Wildman–Crippen MR) is 63.3 cm³/mol. The van der Waals surface area contributed by atoms with Crippen molar-refractivity contribution in [2.24, 2.45) is 11.7 Å². The molecular weight excluding hydrogens is 206 g/mol. The molecule has 0 aromatic carbocycles. The van der Waals surface area contributed by atoms with Crippen LogP contribution in [0.15, 0.2) is 0 Å². The number of carboxylic acids is 1. The van der Waals surface area contributed by atoms with Crippen LogP contribution in [0.5, 0.6) is 0 Å². The first-order valence-electron chi connectivity index (χ1n) is 5.84. The number of nitrogens with two attached hydrogens (primary N) is 1. The number of likely N-dealkylation sites (tertiary alicyclic amines) is 1. The minimum absolute atomic E-state index is 0.476. The fraction of sp³-hybridized carbons (Fsp3) is 0.909. The molecule has 0 aliphatic carbocycles. The third-order valence-corrected chi connectivity index (χ3v) is 3.10. The molecule has 16 heavy (non-hydrogen) atoms. The van der Waals surface area contributed by atoms with Crippen molar-refractivity contribution in [2.45, 2.75) is 18.9 Å². The number of nitrogens with zero attached hydrogens (tertiary/aromatic N) is 2. The van der Waals surface area contributed by atoms with Gasteiger partial charge in [-0.2, -0.15) is 0 Å². The van der Waals surface area contributed by atoms with Crippen molar-refractivity contribution in [2.75, 3.05) is 40.3 Å². The lowest BCUT2D eigenvalue weighted by molar-refractivity contribution is -0.139. The molecule has 3 N–H and O–H groups in total. The summed E-state index contributed by atoms with van der Waals surface area (Å²) in [7, 11) is 4.18. The Labute approximate surface area is 97.2 Å². The van der Waals surface area contributed by atoms with Gasteiger partial charge in [0.25, 0.3) is 0 Å². The monoisotopic (exact) mass is 229 g/mol. The number of hydrogen-bond donors (Lipinski definition) is 2. The van der Waals surface area contributed by atoms with Crippen LogP contribution >= 0.6 is 0 Å². The van der Waals surface area contributed by atoms with E-state index in [1.54, 1.807) is 0 Å². The van der Waals surface area contributed by atoms with Crippen molar-refractivity contribution in [1.29, 1.82) is 0 Å². The average molecular weight is 229 g/mol. The molecule has 1 unspecified atom stereocenters. The van der Waals surface area contributed by atoms with Gasteiger partial charge in [0.1, 0.15) is 6.04 Å². The summed E-state index contributed by atoms with van der Waals surface area (Å²) in [4.78, 5) is 15.0. The number of hydrogen-bond acceptors (Lipinski definition) is 4. The molecule has 0 spiro atoms. The standard InChI is InChI=1S/C11H23N3O2/c1-13(2)7-9-3-5-14(6-4-9)8-10(12)11(15)16/h9-10H,3-8,12H2,1-2H3,(H,15,16).